The Hall–Kier alpha value is -3.02. The lowest BCUT2D eigenvalue weighted by Crippen LogP contribution is -2.63. The van der Waals surface area contributed by atoms with Crippen LogP contribution in [0.15, 0.2) is 55.6 Å². The Morgan fingerprint density at radius 2 is 1.86 bits per heavy atom. The predicted octanol–water partition coefficient (Wildman–Crippen LogP) is 4.58. The molecule has 2 N–H and O–H groups in total. The summed E-state index contributed by atoms with van der Waals surface area (Å²) in [5.41, 5.74) is -1.18. The molecule has 49 heavy (non-hydrogen) atoms. The van der Waals surface area contributed by atoms with E-state index in [0.29, 0.717) is 25.7 Å². The van der Waals surface area contributed by atoms with Crippen LogP contribution in [0.4, 0.5) is 0 Å². The monoisotopic (exact) mass is 743 g/mol. The number of fused-ring (bicyclic) bond motifs is 1. The summed E-state index contributed by atoms with van der Waals surface area (Å²) < 4.78 is 12.6. The summed E-state index contributed by atoms with van der Waals surface area (Å²) in [7, 11) is 0. The van der Waals surface area contributed by atoms with Gasteiger partial charge in [-0.3, -0.25) is 19.2 Å². The van der Waals surface area contributed by atoms with Crippen molar-refractivity contribution in [3.63, 3.8) is 0 Å². The standard InChI is InChI=1S/C38H54BrN3O7/c1-9-11-17-28(44)40-21-24(3)48-35(47)29-30-33(45)42(26(22-43)19-25-15-13-12-14-16-25)32(38(30)20-27(39)31(29)49-38)34(46)41(18-10-2)37(7,8)23-36(4,5)6/h9-10,12-16,24,26-27,29-32,43H,1-2,11,17-23H2,3-8H3,(H,40,44)/t24-,26-,27?,29+,30-,31+,32+,38-/m1/s1. The maximum atomic E-state index is 15.2. The van der Waals surface area contributed by atoms with Gasteiger partial charge < -0.3 is 29.7 Å². The van der Waals surface area contributed by atoms with Gasteiger partial charge in [-0.1, -0.05) is 79.2 Å². The van der Waals surface area contributed by atoms with Crippen LogP contribution in [-0.2, 0) is 35.1 Å². The summed E-state index contributed by atoms with van der Waals surface area (Å²) >= 11 is 3.73. The average Bonchev–Trinajstić information content (AvgIpc) is 3.62. The number of esters is 1. The van der Waals surface area contributed by atoms with Crippen molar-refractivity contribution in [2.75, 3.05) is 19.7 Å². The molecule has 3 aliphatic rings. The van der Waals surface area contributed by atoms with E-state index in [0.717, 1.165) is 5.56 Å². The summed E-state index contributed by atoms with van der Waals surface area (Å²) in [6.07, 6.45) is 4.09. The second-order valence-corrected chi connectivity index (χ2v) is 16.8. The number of allylic oxidation sites excluding steroid dienone is 1. The van der Waals surface area contributed by atoms with Crippen LogP contribution in [0.3, 0.4) is 0 Å². The number of ether oxygens (including phenoxy) is 2. The van der Waals surface area contributed by atoms with E-state index in [-0.39, 0.29) is 48.2 Å². The van der Waals surface area contributed by atoms with E-state index in [1.165, 1.54) is 4.90 Å². The van der Waals surface area contributed by atoms with E-state index in [9.17, 15) is 19.5 Å². The molecule has 0 radical (unpaired) electrons. The summed E-state index contributed by atoms with van der Waals surface area (Å²) in [4.78, 5) is 59.1. The van der Waals surface area contributed by atoms with Crippen LogP contribution in [0.1, 0.15) is 72.8 Å². The predicted molar refractivity (Wildman–Crippen MR) is 192 cm³/mol. The zero-order valence-corrected chi connectivity index (χ0v) is 31.4. The molecule has 3 heterocycles. The first-order chi connectivity index (χ1) is 23.0. The lowest BCUT2D eigenvalue weighted by molar-refractivity contribution is -0.160. The van der Waals surface area contributed by atoms with Gasteiger partial charge in [-0.05, 0) is 57.4 Å². The molecule has 4 rings (SSSR count). The van der Waals surface area contributed by atoms with Crippen LogP contribution in [0.25, 0.3) is 0 Å². The lowest BCUT2D eigenvalue weighted by Gasteiger charge is -2.46. The third kappa shape index (κ3) is 8.15. The van der Waals surface area contributed by atoms with Gasteiger partial charge in [-0.15, -0.1) is 13.2 Å². The second-order valence-electron chi connectivity index (χ2n) is 15.6. The summed E-state index contributed by atoms with van der Waals surface area (Å²) in [5, 5.41) is 13.6. The molecule has 1 aromatic rings. The van der Waals surface area contributed by atoms with Crippen LogP contribution in [0.2, 0.25) is 0 Å². The van der Waals surface area contributed by atoms with E-state index in [1.54, 1.807) is 24.0 Å². The number of halogens is 1. The molecule has 0 aliphatic carbocycles. The van der Waals surface area contributed by atoms with Gasteiger partial charge in [-0.2, -0.15) is 0 Å². The van der Waals surface area contributed by atoms with Gasteiger partial charge in [0.1, 0.15) is 17.7 Å². The van der Waals surface area contributed by atoms with Crippen LogP contribution < -0.4 is 5.32 Å². The van der Waals surface area contributed by atoms with Crippen LogP contribution in [0, 0.1) is 17.3 Å². The third-order valence-electron chi connectivity index (χ3n) is 9.90. The highest BCUT2D eigenvalue weighted by Gasteiger charge is 2.77. The fraction of sp³-hybridized carbons (Fsp3) is 0.632. The molecule has 3 saturated heterocycles. The highest BCUT2D eigenvalue weighted by atomic mass is 79.9. The molecule has 0 aromatic heterocycles. The fourth-order valence-electron chi connectivity index (χ4n) is 8.35. The topological polar surface area (TPSA) is 125 Å². The Morgan fingerprint density at radius 1 is 1.18 bits per heavy atom. The van der Waals surface area contributed by atoms with E-state index in [2.05, 4.69) is 55.2 Å². The Kier molecular flexibility index (Phi) is 12.2. The van der Waals surface area contributed by atoms with E-state index in [1.807, 2.05) is 44.2 Å². The molecule has 3 aliphatic heterocycles. The van der Waals surface area contributed by atoms with Crippen LogP contribution in [-0.4, -0.2) is 98.6 Å². The van der Waals surface area contributed by atoms with E-state index >= 15 is 4.79 Å². The first-order valence-electron chi connectivity index (χ1n) is 17.3. The molecule has 8 atom stereocenters. The smallest absolute Gasteiger partial charge is 0.312 e. The molecule has 270 valence electrons. The number of likely N-dealkylation sites (tertiary alicyclic amines) is 1. The zero-order valence-electron chi connectivity index (χ0n) is 29.8. The number of nitrogens with zero attached hydrogens (tertiary/aromatic N) is 2. The Labute approximate surface area is 299 Å². The summed E-state index contributed by atoms with van der Waals surface area (Å²) in [6, 6.07) is 7.66. The minimum atomic E-state index is -1.33. The minimum absolute atomic E-state index is 0.109. The second kappa shape index (κ2) is 15.5. The molecule has 2 bridgehead atoms. The summed E-state index contributed by atoms with van der Waals surface area (Å²) in [6.45, 7) is 19.6. The molecule has 0 saturated carbocycles. The molecule has 3 amide bonds. The molecular weight excluding hydrogens is 690 g/mol. The summed E-state index contributed by atoms with van der Waals surface area (Å²) in [5.74, 6) is -3.49. The molecule has 1 aromatic carbocycles. The number of hydrogen-bond donors (Lipinski definition) is 2. The number of aliphatic hydroxyl groups excluding tert-OH is 1. The van der Waals surface area contributed by atoms with Gasteiger partial charge in [0.25, 0.3) is 0 Å². The van der Waals surface area contributed by atoms with Gasteiger partial charge in [0.2, 0.25) is 17.7 Å². The number of benzene rings is 1. The molecule has 11 heteroatoms. The van der Waals surface area contributed by atoms with Crippen molar-refractivity contribution in [1.29, 1.82) is 0 Å². The number of nitrogens with one attached hydrogen (secondary N) is 1. The van der Waals surface area contributed by atoms with Crippen LogP contribution >= 0.6 is 15.9 Å². The number of amides is 3. The number of carbonyl (C=O) groups is 4. The SMILES string of the molecule is C=CCCC(=O)NC[C@@H](C)OC(=O)[C@@H]1[C@H]2O[C@@]3(CC2Br)[C@H](C(=O)N(CC=C)C(C)(C)CC(C)(C)C)N([C@@H](CO)Cc2ccccc2)C(=O)[C@@H]13. The quantitative estimate of drug-likeness (QED) is 0.144. The highest BCUT2D eigenvalue weighted by molar-refractivity contribution is 9.09. The Bertz CT molecular complexity index is 1400. The number of rotatable bonds is 16. The largest absolute Gasteiger partial charge is 0.460 e. The number of hydrogen-bond acceptors (Lipinski definition) is 7. The Morgan fingerprint density at radius 3 is 2.45 bits per heavy atom. The van der Waals surface area contributed by atoms with Crippen molar-refractivity contribution >= 4 is 39.6 Å². The average molecular weight is 745 g/mol. The minimum Gasteiger partial charge on any atom is -0.460 e. The first-order valence-corrected chi connectivity index (χ1v) is 18.2. The molecule has 1 unspecified atom stereocenters. The van der Waals surface area contributed by atoms with Crippen molar-refractivity contribution < 1.29 is 33.8 Å². The van der Waals surface area contributed by atoms with Crippen molar-refractivity contribution in [3.05, 3.63) is 61.2 Å². The van der Waals surface area contributed by atoms with Gasteiger partial charge in [-0.25, -0.2) is 0 Å². The normalized spacial score (nSPS) is 27.3. The molecule has 3 fully saturated rings. The highest BCUT2D eigenvalue weighted by Crippen LogP contribution is 2.61. The van der Waals surface area contributed by atoms with Gasteiger partial charge in [0, 0.05) is 23.3 Å². The maximum absolute atomic E-state index is 15.2. The third-order valence-corrected chi connectivity index (χ3v) is 10.7. The van der Waals surface area contributed by atoms with Crippen molar-refractivity contribution in [3.8, 4) is 0 Å². The molecular formula is C38H54BrN3O7. The van der Waals surface area contributed by atoms with Crippen LogP contribution in [0.5, 0.6) is 0 Å². The Balaban J connectivity index is 1.74. The van der Waals surface area contributed by atoms with Crippen molar-refractivity contribution in [2.24, 2.45) is 17.3 Å². The number of carbonyl (C=O) groups excluding carboxylic acids is 4. The van der Waals surface area contributed by atoms with Gasteiger partial charge in [0.15, 0.2) is 0 Å². The fourth-order valence-corrected chi connectivity index (χ4v) is 9.29. The lowest BCUT2D eigenvalue weighted by atomic mass is 9.70. The number of aliphatic hydroxyl groups is 1. The van der Waals surface area contributed by atoms with E-state index in [4.69, 9.17) is 9.47 Å². The zero-order chi connectivity index (χ0) is 36.3. The van der Waals surface area contributed by atoms with Crippen molar-refractivity contribution in [2.45, 2.75) is 114 Å². The number of alkyl halides is 1. The maximum Gasteiger partial charge on any atom is 0.312 e. The van der Waals surface area contributed by atoms with E-state index < -0.39 is 59.1 Å². The molecule has 10 nitrogen and oxygen atoms in total. The van der Waals surface area contributed by atoms with Crippen molar-refractivity contribution in [1.82, 2.24) is 15.1 Å². The van der Waals surface area contributed by atoms with Gasteiger partial charge >= 0.3 is 5.97 Å². The first kappa shape index (κ1) is 38.8. The molecule has 1 spiro atoms. The van der Waals surface area contributed by atoms with Gasteiger partial charge in [0.05, 0.1) is 37.1 Å².